The van der Waals surface area contributed by atoms with Crippen LogP contribution in [0.2, 0.25) is 0 Å². The van der Waals surface area contributed by atoms with Gasteiger partial charge >= 0.3 is 0 Å². The molecule has 0 aliphatic carbocycles. The number of nitrogens with two attached hydrogens (primary N) is 1. The van der Waals surface area contributed by atoms with E-state index in [4.69, 9.17) is 5.73 Å². The molecule has 1 fully saturated rings. The van der Waals surface area contributed by atoms with Crippen LogP contribution in [0.25, 0.3) is 0 Å². The molecule has 0 aromatic heterocycles. The zero-order valence-corrected chi connectivity index (χ0v) is 13.5. The molecule has 0 radical (unpaired) electrons. The van der Waals surface area contributed by atoms with Gasteiger partial charge in [0.05, 0.1) is 0 Å². The minimum atomic E-state index is 0.257. The van der Waals surface area contributed by atoms with E-state index in [0.717, 1.165) is 43.5 Å². The topological polar surface area (TPSA) is 32.5 Å². The fourth-order valence-corrected chi connectivity index (χ4v) is 2.83. The summed E-state index contributed by atoms with van der Waals surface area (Å²) in [5.74, 6) is 0. The molecule has 106 valence electrons. The zero-order valence-electron chi connectivity index (χ0n) is 11.9. The molecule has 2 rings (SSSR count). The normalized spacial score (nSPS) is 18.6. The summed E-state index contributed by atoms with van der Waals surface area (Å²) in [7, 11) is 2.19. The summed E-state index contributed by atoms with van der Waals surface area (Å²) in [5, 5.41) is 0. The molecule has 1 aromatic rings. The maximum atomic E-state index is 6.13. The van der Waals surface area contributed by atoms with Gasteiger partial charge in [-0.3, -0.25) is 0 Å². The molecule has 3 nitrogen and oxygen atoms in total. The first-order valence-corrected chi connectivity index (χ1v) is 7.87. The lowest BCUT2D eigenvalue weighted by Crippen LogP contribution is -2.45. The van der Waals surface area contributed by atoms with Crippen molar-refractivity contribution in [1.29, 1.82) is 0 Å². The van der Waals surface area contributed by atoms with Gasteiger partial charge < -0.3 is 15.5 Å². The molecule has 1 aliphatic heterocycles. The molecule has 1 heterocycles. The highest BCUT2D eigenvalue weighted by Gasteiger charge is 2.18. The van der Waals surface area contributed by atoms with Gasteiger partial charge in [0.1, 0.15) is 0 Å². The van der Waals surface area contributed by atoms with Gasteiger partial charge in [-0.25, -0.2) is 0 Å². The number of hydrogen-bond donors (Lipinski definition) is 1. The molecule has 1 aromatic carbocycles. The Bertz CT molecular complexity index is 414. The third kappa shape index (κ3) is 3.94. The van der Waals surface area contributed by atoms with Gasteiger partial charge in [-0.15, -0.1) is 0 Å². The smallest absolute Gasteiger partial charge is 0.0411 e. The van der Waals surface area contributed by atoms with E-state index < -0.39 is 0 Å². The molecule has 1 saturated heterocycles. The first-order valence-electron chi connectivity index (χ1n) is 7.07. The summed E-state index contributed by atoms with van der Waals surface area (Å²) in [5.41, 5.74) is 8.86. The lowest BCUT2D eigenvalue weighted by Gasteiger charge is -2.35. The highest BCUT2D eigenvalue weighted by Crippen LogP contribution is 2.27. The van der Waals surface area contributed by atoms with E-state index in [1.54, 1.807) is 0 Å². The monoisotopic (exact) mass is 325 g/mol. The second-order valence-corrected chi connectivity index (χ2v) is 6.35. The van der Waals surface area contributed by atoms with Crippen LogP contribution in [-0.2, 0) is 6.42 Å². The van der Waals surface area contributed by atoms with E-state index >= 15 is 0 Å². The van der Waals surface area contributed by atoms with Crippen LogP contribution >= 0.6 is 15.9 Å². The minimum absolute atomic E-state index is 0.257. The van der Waals surface area contributed by atoms with Crippen molar-refractivity contribution in [2.24, 2.45) is 5.73 Å². The first-order chi connectivity index (χ1) is 9.10. The van der Waals surface area contributed by atoms with Gasteiger partial charge in [0, 0.05) is 42.4 Å². The number of nitrogens with zero attached hydrogens (tertiary/aromatic N) is 2. The summed E-state index contributed by atoms with van der Waals surface area (Å²) >= 11 is 3.59. The standard InChI is InChI=1S/C15H24BrN3/c1-3-14(17)10-12-4-5-13(16)11-15(12)19-8-6-18(2)7-9-19/h4-5,11,14H,3,6-10,17H2,1-2H3. The van der Waals surface area contributed by atoms with E-state index in [9.17, 15) is 0 Å². The van der Waals surface area contributed by atoms with E-state index in [0.29, 0.717) is 0 Å². The Kier molecular flexibility index (Phi) is 5.25. The Labute approximate surface area is 124 Å². The maximum Gasteiger partial charge on any atom is 0.0411 e. The molecule has 1 unspecified atom stereocenters. The highest BCUT2D eigenvalue weighted by atomic mass is 79.9. The lowest BCUT2D eigenvalue weighted by molar-refractivity contribution is 0.312. The van der Waals surface area contributed by atoms with E-state index in [1.165, 1.54) is 11.3 Å². The van der Waals surface area contributed by atoms with Crippen LogP contribution in [0.15, 0.2) is 22.7 Å². The number of benzene rings is 1. The van der Waals surface area contributed by atoms with Crippen molar-refractivity contribution in [3.05, 3.63) is 28.2 Å². The summed E-state index contributed by atoms with van der Waals surface area (Å²) < 4.78 is 1.15. The number of halogens is 1. The average molecular weight is 326 g/mol. The Hall–Kier alpha value is -0.580. The van der Waals surface area contributed by atoms with Crippen molar-refractivity contribution < 1.29 is 0 Å². The third-order valence-electron chi connectivity index (χ3n) is 3.90. The van der Waals surface area contributed by atoms with E-state index in [-0.39, 0.29) is 6.04 Å². The van der Waals surface area contributed by atoms with Crippen LogP contribution in [0.5, 0.6) is 0 Å². The fourth-order valence-electron chi connectivity index (χ4n) is 2.48. The van der Waals surface area contributed by atoms with Crippen molar-refractivity contribution in [2.45, 2.75) is 25.8 Å². The van der Waals surface area contributed by atoms with Gasteiger partial charge in [-0.05, 0) is 37.6 Å². The van der Waals surface area contributed by atoms with Crippen LogP contribution in [0.3, 0.4) is 0 Å². The summed E-state index contributed by atoms with van der Waals surface area (Å²) in [4.78, 5) is 4.87. The van der Waals surface area contributed by atoms with Crippen LogP contribution in [-0.4, -0.2) is 44.2 Å². The number of anilines is 1. The zero-order chi connectivity index (χ0) is 13.8. The molecule has 0 spiro atoms. The molecule has 19 heavy (non-hydrogen) atoms. The van der Waals surface area contributed by atoms with Gasteiger partial charge in [-0.1, -0.05) is 28.9 Å². The molecule has 0 bridgehead atoms. The summed E-state index contributed by atoms with van der Waals surface area (Å²) in [6.07, 6.45) is 1.99. The number of hydrogen-bond acceptors (Lipinski definition) is 3. The van der Waals surface area contributed by atoms with E-state index in [2.05, 4.69) is 57.9 Å². The van der Waals surface area contributed by atoms with Crippen LogP contribution in [0.1, 0.15) is 18.9 Å². The summed E-state index contributed by atoms with van der Waals surface area (Å²) in [6.45, 7) is 6.61. The van der Waals surface area contributed by atoms with E-state index in [1.807, 2.05) is 0 Å². The predicted octanol–water partition coefficient (Wildman–Crippen LogP) is 2.48. The Morgan fingerprint density at radius 2 is 1.95 bits per heavy atom. The van der Waals surface area contributed by atoms with Crippen LogP contribution in [0, 0.1) is 0 Å². The Morgan fingerprint density at radius 1 is 1.26 bits per heavy atom. The van der Waals surface area contributed by atoms with Crippen molar-refractivity contribution >= 4 is 21.6 Å². The van der Waals surface area contributed by atoms with Gasteiger partial charge in [0.2, 0.25) is 0 Å². The average Bonchev–Trinajstić information content (AvgIpc) is 2.41. The number of likely N-dealkylation sites (N-methyl/N-ethyl adjacent to an activating group) is 1. The lowest BCUT2D eigenvalue weighted by atomic mass is 10.0. The second-order valence-electron chi connectivity index (χ2n) is 5.44. The molecule has 1 atom stereocenters. The van der Waals surface area contributed by atoms with Gasteiger partial charge in [0.25, 0.3) is 0 Å². The molecule has 0 amide bonds. The number of rotatable bonds is 4. The number of piperazine rings is 1. The molecule has 4 heteroatoms. The molecule has 2 N–H and O–H groups in total. The molecular formula is C15H24BrN3. The van der Waals surface area contributed by atoms with Crippen molar-refractivity contribution in [3.8, 4) is 0 Å². The quantitative estimate of drug-likeness (QED) is 0.923. The predicted molar refractivity (Wildman–Crippen MR) is 85.8 cm³/mol. The molecule has 1 aliphatic rings. The van der Waals surface area contributed by atoms with Crippen molar-refractivity contribution in [1.82, 2.24) is 4.90 Å². The second kappa shape index (κ2) is 6.73. The Morgan fingerprint density at radius 3 is 2.58 bits per heavy atom. The third-order valence-corrected chi connectivity index (χ3v) is 4.39. The molecular weight excluding hydrogens is 302 g/mol. The van der Waals surface area contributed by atoms with Gasteiger partial charge in [-0.2, -0.15) is 0 Å². The fraction of sp³-hybridized carbons (Fsp3) is 0.600. The SMILES string of the molecule is CCC(N)Cc1ccc(Br)cc1N1CCN(C)CC1. The largest absolute Gasteiger partial charge is 0.369 e. The Balaban J connectivity index is 2.19. The maximum absolute atomic E-state index is 6.13. The summed E-state index contributed by atoms with van der Waals surface area (Å²) in [6, 6.07) is 6.83. The highest BCUT2D eigenvalue weighted by molar-refractivity contribution is 9.10. The van der Waals surface area contributed by atoms with Crippen molar-refractivity contribution in [3.63, 3.8) is 0 Å². The van der Waals surface area contributed by atoms with Gasteiger partial charge in [0.15, 0.2) is 0 Å². The minimum Gasteiger partial charge on any atom is -0.369 e. The first kappa shape index (κ1) is 14.8. The van der Waals surface area contributed by atoms with Crippen LogP contribution < -0.4 is 10.6 Å². The van der Waals surface area contributed by atoms with Crippen molar-refractivity contribution in [2.75, 3.05) is 38.1 Å². The molecule has 0 saturated carbocycles. The van der Waals surface area contributed by atoms with Crippen LogP contribution in [0.4, 0.5) is 5.69 Å².